The van der Waals surface area contributed by atoms with Gasteiger partial charge >= 0.3 is 18.4 Å². The molecule has 1 aromatic rings. The maximum atomic E-state index is 12.8. The van der Waals surface area contributed by atoms with Gasteiger partial charge in [0.2, 0.25) is 0 Å². The van der Waals surface area contributed by atoms with Gasteiger partial charge in [0.25, 0.3) is 0 Å². The Bertz CT molecular complexity index is 644. The molecule has 24 heavy (non-hydrogen) atoms. The maximum absolute atomic E-state index is 12.8. The average Bonchev–Trinajstić information content (AvgIpc) is 2.39. The smallest absolute Gasteiger partial charge is 0.416 e. The first kappa shape index (κ1) is 18.1. The number of carboxylic acid groups (broad SMARTS) is 1. The number of halogens is 6. The van der Waals surface area contributed by atoms with Crippen LogP contribution in [-0.4, -0.2) is 22.5 Å². The Balaban J connectivity index is 2.53. The van der Waals surface area contributed by atoms with E-state index in [4.69, 9.17) is 5.11 Å². The summed E-state index contributed by atoms with van der Waals surface area (Å²) in [5.41, 5.74) is -5.75. The molecule has 0 spiro atoms. The predicted octanol–water partition coefficient (Wildman–Crippen LogP) is 4.10. The molecular weight excluding hydrogens is 344 g/mol. The van der Waals surface area contributed by atoms with Gasteiger partial charge < -0.3 is 10.4 Å². The van der Waals surface area contributed by atoms with E-state index in [9.17, 15) is 35.9 Å². The third-order valence-corrected chi connectivity index (χ3v) is 3.84. The minimum Gasteiger partial charge on any atom is -0.465 e. The number of hydrogen-bond donors (Lipinski definition) is 2. The molecule has 1 aliphatic carbocycles. The van der Waals surface area contributed by atoms with E-state index in [0.29, 0.717) is 18.6 Å². The van der Waals surface area contributed by atoms with E-state index in [-0.39, 0.29) is 18.9 Å². The van der Waals surface area contributed by atoms with Crippen LogP contribution < -0.4 is 5.32 Å². The Labute approximate surface area is 131 Å². The van der Waals surface area contributed by atoms with Crippen LogP contribution in [0.5, 0.6) is 0 Å². The third kappa shape index (κ3) is 3.46. The summed E-state index contributed by atoms with van der Waals surface area (Å²) in [4.78, 5) is 23.2. The Morgan fingerprint density at radius 3 is 1.71 bits per heavy atom. The van der Waals surface area contributed by atoms with Gasteiger partial charge in [-0.05, 0) is 37.5 Å². The van der Waals surface area contributed by atoms with Crippen LogP contribution >= 0.6 is 0 Å². The molecule has 1 saturated carbocycles. The Kier molecular flexibility index (Phi) is 4.28. The van der Waals surface area contributed by atoms with Crippen LogP contribution in [0.2, 0.25) is 0 Å². The standard InChI is InChI=1S/C14H11F6NO3/c15-13(16,17)8-4-7(5-9(6-8)14(18,19)20)10(22)12(2-1-3-12)21-11(23)24/h4-6,21H,1-3H2,(H,23,24). The zero-order chi connectivity index (χ0) is 18.3. The number of carbonyl (C=O) groups is 2. The number of rotatable bonds is 3. The van der Waals surface area contributed by atoms with Crippen LogP contribution in [0.25, 0.3) is 0 Å². The highest BCUT2D eigenvalue weighted by Gasteiger charge is 2.47. The quantitative estimate of drug-likeness (QED) is 0.634. The van der Waals surface area contributed by atoms with Gasteiger partial charge in [-0.1, -0.05) is 0 Å². The van der Waals surface area contributed by atoms with E-state index < -0.39 is 46.5 Å². The predicted molar refractivity (Wildman–Crippen MR) is 68.5 cm³/mol. The van der Waals surface area contributed by atoms with E-state index in [1.54, 1.807) is 0 Å². The molecule has 0 heterocycles. The summed E-state index contributed by atoms with van der Waals surface area (Å²) in [6.45, 7) is 0. The maximum Gasteiger partial charge on any atom is 0.416 e. The van der Waals surface area contributed by atoms with E-state index in [2.05, 4.69) is 0 Å². The van der Waals surface area contributed by atoms with Gasteiger partial charge in [-0.15, -0.1) is 0 Å². The molecule has 0 saturated heterocycles. The van der Waals surface area contributed by atoms with Crippen molar-refractivity contribution < 1.29 is 41.0 Å². The van der Waals surface area contributed by atoms with Crippen molar-refractivity contribution in [2.24, 2.45) is 0 Å². The monoisotopic (exact) mass is 355 g/mol. The van der Waals surface area contributed by atoms with E-state index in [1.807, 2.05) is 5.32 Å². The second kappa shape index (κ2) is 5.67. The summed E-state index contributed by atoms with van der Waals surface area (Å²) in [5, 5.41) is 10.7. The number of benzene rings is 1. The number of ketones is 1. The summed E-state index contributed by atoms with van der Waals surface area (Å²) in [5.74, 6) is -1.10. The van der Waals surface area contributed by atoms with Crippen LogP contribution in [0.4, 0.5) is 31.1 Å². The minimum atomic E-state index is -5.08. The van der Waals surface area contributed by atoms with Gasteiger partial charge in [0.1, 0.15) is 5.54 Å². The van der Waals surface area contributed by atoms with Crippen LogP contribution in [0.15, 0.2) is 18.2 Å². The molecule has 1 fully saturated rings. The van der Waals surface area contributed by atoms with Gasteiger partial charge in [-0.25, -0.2) is 4.79 Å². The summed E-state index contributed by atoms with van der Waals surface area (Å²) < 4.78 is 76.9. The average molecular weight is 355 g/mol. The molecule has 132 valence electrons. The summed E-state index contributed by atoms with van der Waals surface area (Å²) in [6, 6.07) is 0.525. The highest BCUT2D eigenvalue weighted by Crippen LogP contribution is 2.39. The lowest BCUT2D eigenvalue weighted by atomic mass is 9.71. The van der Waals surface area contributed by atoms with Crippen LogP contribution in [0, 0.1) is 0 Å². The summed E-state index contributed by atoms with van der Waals surface area (Å²) in [7, 11) is 0. The lowest BCUT2D eigenvalue weighted by Crippen LogP contribution is -2.58. The fourth-order valence-corrected chi connectivity index (χ4v) is 2.51. The molecule has 2 N–H and O–H groups in total. The first-order valence-electron chi connectivity index (χ1n) is 6.70. The van der Waals surface area contributed by atoms with Crippen molar-refractivity contribution in [1.29, 1.82) is 0 Å². The molecule has 0 radical (unpaired) electrons. The molecular formula is C14H11F6NO3. The van der Waals surface area contributed by atoms with Gasteiger partial charge in [0, 0.05) is 5.56 Å². The van der Waals surface area contributed by atoms with Gasteiger partial charge in [-0.3, -0.25) is 4.79 Å². The minimum absolute atomic E-state index is 0.00965. The van der Waals surface area contributed by atoms with Crippen molar-refractivity contribution in [2.45, 2.75) is 37.2 Å². The summed E-state index contributed by atoms with van der Waals surface area (Å²) in [6.07, 6.45) is -11.3. The molecule has 0 atom stereocenters. The van der Waals surface area contributed by atoms with E-state index >= 15 is 0 Å². The molecule has 0 bridgehead atoms. The van der Waals surface area contributed by atoms with E-state index in [1.165, 1.54) is 0 Å². The molecule has 0 aliphatic heterocycles. The Morgan fingerprint density at radius 2 is 1.42 bits per heavy atom. The number of hydrogen-bond acceptors (Lipinski definition) is 2. The molecule has 1 aromatic carbocycles. The number of Topliss-reactive ketones (excluding diaryl/α,β-unsaturated/α-hetero) is 1. The number of carbonyl (C=O) groups excluding carboxylic acids is 1. The largest absolute Gasteiger partial charge is 0.465 e. The lowest BCUT2D eigenvalue weighted by Gasteiger charge is -2.40. The van der Waals surface area contributed by atoms with Crippen molar-refractivity contribution in [3.63, 3.8) is 0 Å². The first-order chi connectivity index (χ1) is 10.8. The highest BCUT2D eigenvalue weighted by atomic mass is 19.4. The van der Waals surface area contributed by atoms with Crippen molar-refractivity contribution in [1.82, 2.24) is 5.32 Å². The van der Waals surface area contributed by atoms with Gasteiger partial charge in [0.15, 0.2) is 5.78 Å². The number of amides is 1. The number of nitrogens with one attached hydrogen (secondary N) is 1. The first-order valence-corrected chi connectivity index (χ1v) is 6.70. The van der Waals surface area contributed by atoms with Crippen LogP contribution in [-0.2, 0) is 12.4 Å². The van der Waals surface area contributed by atoms with Crippen molar-refractivity contribution in [2.75, 3.05) is 0 Å². The third-order valence-electron chi connectivity index (χ3n) is 3.84. The molecule has 1 amide bonds. The lowest BCUT2D eigenvalue weighted by molar-refractivity contribution is -0.143. The normalized spacial score (nSPS) is 17.1. The molecule has 0 unspecified atom stereocenters. The zero-order valence-corrected chi connectivity index (χ0v) is 11.9. The van der Waals surface area contributed by atoms with Crippen LogP contribution in [0.1, 0.15) is 40.7 Å². The van der Waals surface area contributed by atoms with Crippen molar-refractivity contribution in [3.05, 3.63) is 34.9 Å². The Hall–Kier alpha value is -2.26. The Morgan fingerprint density at radius 1 is 0.958 bits per heavy atom. The van der Waals surface area contributed by atoms with E-state index in [0.717, 1.165) is 0 Å². The second-order valence-electron chi connectivity index (χ2n) is 5.49. The van der Waals surface area contributed by atoms with Gasteiger partial charge in [-0.2, -0.15) is 26.3 Å². The molecule has 4 nitrogen and oxygen atoms in total. The van der Waals surface area contributed by atoms with Crippen LogP contribution in [0.3, 0.4) is 0 Å². The zero-order valence-electron chi connectivity index (χ0n) is 11.9. The molecule has 2 rings (SSSR count). The van der Waals surface area contributed by atoms with Crippen molar-refractivity contribution in [3.8, 4) is 0 Å². The molecule has 0 aromatic heterocycles. The highest BCUT2D eigenvalue weighted by molar-refractivity contribution is 6.05. The second-order valence-corrected chi connectivity index (χ2v) is 5.49. The molecule has 1 aliphatic rings. The fourth-order valence-electron chi connectivity index (χ4n) is 2.51. The number of alkyl halides is 6. The van der Waals surface area contributed by atoms with Crippen molar-refractivity contribution >= 4 is 11.9 Å². The fraction of sp³-hybridized carbons (Fsp3) is 0.429. The summed E-state index contributed by atoms with van der Waals surface area (Å²) >= 11 is 0. The topological polar surface area (TPSA) is 66.4 Å². The molecule has 10 heteroatoms. The SMILES string of the molecule is O=C(O)NC1(C(=O)c2cc(C(F)(F)F)cc(C(F)(F)F)c2)CCC1. The van der Waals surface area contributed by atoms with Gasteiger partial charge in [0.05, 0.1) is 11.1 Å².